The second kappa shape index (κ2) is 7.83. The molecular formula is C20H23N3O2. The summed E-state index contributed by atoms with van der Waals surface area (Å²) in [5.74, 6) is -0.114. The molecule has 0 saturated carbocycles. The topological polar surface area (TPSA) is 61.4 Å². The van der Waals surface area contributed by atoms with Gasteiger partial charge in [-0.15, -0.1) is 0 Å². The summed E-state index contributed by atoms with van der Waals surface area (Å²) in [5.41, 5.74) is 3.01. The third kappa shape index (κ3) is 3.82. The van der Waals surface area contributed by atoms with Crippen LogP contribution in [-0.2, 0) is 17.6 Å². The first-order valence-electron chi connectivity index (χ1n) is 8.67. The van der Waals surface area contributed by atoms with Crippen LogP contribution in [0.1, 0.15) is 18.1 Å². The smallest absolute Gasteiger partial charge is 0.322 e. The molecule has 5 heteroatoms. The predicted octanol–water partition coefficient (Wildman–Crippen LogP) is 2.51. The molecule has 0 radical (unpaired) electrons. The summed E-state index contributed by atoms with van der Waals surface area (Å²) in [6.45, 7) is 2.96. The Bertz CT molecular complexity index is 746. The van der Waals surface area contributed by atoms with E-state index in [1.807, 2.05) is 61.5 Å². The number of amides is 3. The number of rotatable bonds is 5. The van der Waals surface area contributed by atoms with Gasteiger partial charge in [-0.3, -0.25) is 9.69 Å². The van der Waals surface area contributed by atoms with Crippen LogP contribution >= 0.6 is 0 Å². The van der Waals surface area contributed by atoms with Crippen LogP contribution in [0.2, 0.25) is 0 Å². The number of nitrogens with zero attached hydrogens (tertiary/aromatic N) is 1. The molecule has 5 nitrogen and oxygen atoms in total. The van der Waals surface area contributed by atoms with Crippen molar-refractivity contribution in [3.8, 4) is 0 Å². The first-order valence-corrected chi connectivity index (χ1v) is 8.67. The number of benzene rings is 2. The SMILES string of the molecule is CCNC(=O)[C@H]1Cc2ccccc2N1C(=O)NCCc1ccccc1. The van der Waals surface area contributed by atoms with Gasteiger partial charge in [-0.05, 0) is 30.5 Å². The lowest BCUT2D eigenvalue weighted by atomic mass is 10.1. The molecule has 0 unspecified atom stereocenters. The fraction of sp³-hybridized carbons (Fsp3) is 0.300. The summed E-state index contributed by atoms with van der Waals surface area (Å²) < 4.78 is 0. The third-order valence-electron chi connectivity index (χ3n) is 4.38. The van der Waals surface area contributed by atoms with Crippen molar-refractivity contribution in [1.29, 1.82) is 0 Å². The van der Waals surface area contributed by atoms with E-state index in [1.165, 1.54) is 5.56 Å². The summed E-state index contributed by atoms with van der Waals surface area (Å²) in [4.78, 5) is 26.7. The number of carbonyl (C=O) groups excluding carboxylic acids is 2. The molecule has 3 rings (SSSR count). The molecule has 2 aromatic carbocycles. The normalized spacial score (nSPS) is 15.6. The van der Waals surface area contributed by atoms with Gasteiger partial charge in [0.25, 0.3) is 0 Å². The molecule has 2 N–H and O–H groups in total. The highest BCUT2D eigenvalue weighted by atomic mass is 16.2. The molecule has 0 saturated heterocycles. The second-order valence-corrected chi connectivity index (χ2v) is 6.08. The maximum absolute atomic E-state index is 12.8. The Morgan fingerprint density at radius 2 is 1.76 bits per heavy atom. The maximum atomic E-state index is 12.8. The number of hydrogen-bond donors (Lipinski definition) is 2. The van der Waals surface area contributed by atoms with Crippen molar-refractivity contribution in [2.45, 2.75) is 25.8 Å². The average molecular weight is 337 g/mol. The zero-order chi connectivity index (χ0) is 17.6. The number of hydrogen-bond acceptors (Lipinski definition) is 2. The molecule has 0 aromatic heterocycles. The minimum atomic E-state index is -0.492. The Balaban J connectivity index is 1.70. The Morgan fingerprint density at radius 1 is 1.04 bits per heavy atom. The van der Waals surface area contributed by atoms with Crippen molar-refractivity contribution in [2.24, 2.45) is 0 Å². The number of para-hydroxylation sites is 1. The van der Waals surface area contributed by atoms with Gasteiger partial charge in [0.1, 0.15) is 6.04 Å². The Labute approximate surface area is 148 Å². The fourth-order valence-corrected chi connectivity index (χ4v) is 3.18. The maximum Gasteiger partial charge on any atom is 0.322 e. The summed E-state index contributed by atoms with van der Waals surface area (Å²) in [5, 5.41) is 5.78. The third-order valence-corrected chi connectivity index (χ3v) is 4.38. The Morgan fingerprint density at radius 3 is 2.52 bits per heavy atom. The van der Waals surface area contributed by atoms with Crippen molar-refractivity contribution in [1.82, 2.24) is 10.6 Å². The van der Waals surface area contributed by atoms with Crippen LogP contribution in [-0.4, -0.2) is 31.1 Å². The number of urea groups is 1. The van der Waals surface area contributed by atoms with Gasteiger partial charge in [-0.2, -0.15) is 0 Å². The van der Waals surface area contributed by atoms with Crippen LogP contribution in [0, 0.1) is 0 Å². The molecule has 130 valence electrons. The standard InChI is InChI=1S/C20H23N3O2/c1-2-21-19(24)18-14-16-10-6-7-11-17(16)23(18)20(25)22-13-12-15-8-4-3-5-9-15/h3-11,18H,2,12-14H2,1H3,(H,21,24)(H,22,25)/t18-/m1/s1. The van der Waals surface area contributed by atoms with Crippen LogP contribution in [0.25, 0.3) is 0 Å². The van der Waals surface area contributed by atoms with Crippen molar-refractivity contribution >= 4 is 17.6 Å². The first-order chi connectivity index (χ1) is 12.2. The molecule has 1 aliphatic rings. The van der Waals surface area contributed by atoms with E-state index in [1.54, 1.807) is 4.90 Å². The average Bonchev–Trinajstić information content (AvgIpc) is 3.02. The summed E-state index contributed by atoms with van der Waals surface area (Å²) in [7, 11) is 0. The van der Waals surface area contributed by atoms with Crippen LogP contribution < -0.4 is 15.5 Å². The van der Waals surface area contributed by atoms with Gasteiger partial charge in [0, 0.05) is 25.2 Å². The van der Waals surface area contributed by atoms with Crippen molar-refractivity contribution in [3.63, 3.8) is 0 Å². The van der Waals surface area contributed by atoms with Crippen molar-refractivity contribution < 1.29 is 9.59 Å². The minimum Gasteiger partial charge on any atom is -0.355 e. The zero-order valence-electron chi connectivity index (χ0n) is 14.4. The van der Waals surface area contributed by atoms with Gasteiger partial charge in [-0.25, -0.2) is 4.79 Å². The second-order valence-electron chi connectivity index (χ2n) is 6.08. The van der Waals surface area contributed by atoms with E-state index < -0.39 is 6.04 Å². The lowest BCUT2D eigenvalue weighted by Gasteiger charge is -2.25. The number of carbonyl (C=O) groups is 2. The molecule has 0 bridgehead atoms. The van der Waals surface area contributed by atoms with E-state index in [2.05, 4.69) is 10.6 Å². The Kier molecular flexibility index (Phi) is 5.33. The monoisotopic (exact) mass is 337 g/mol. The van der Waals surface area contributed by atoms with Gasteiger partial charge < -0.3 is 10.6 Å². The molecular weight excluding hydrogens is 314 g/mol. The summed E-state index contributed by atoms with van der Waals surface area (Å²) in [6, 6.07) is 17.0. The molecule has 0 fully saturated rings. The highest BCUT2D eigenvalue weighted by Gasteiger charge is 2.37. The van der Waals surface area contributed by atoms with E-state index in [9.17, 15) is 9.59 Å². The van der Waals surface area contributed by atoms with Gasteiger partial charge in [0.2, 0.25) is 5.91 Å². The quantitative estimate of drug-likeness (QED) is 0.881. The summed E-state index contributed by atoms with van der Waals surface area (Å²) in [6.07, 6.45) is 1.31. The van der Waals surface area contributed by atoms with Gasteiger partial charge >= 0.3 is 6.03 Å². The zero-order valence-corrected chi connectivity index (χ0v) is 14.4. The minimum absolute atomic E-state index is 0.114. The number of anilines is 1. The van der Waals surface area contributed by atoms with Crippen molar-refractivity contribution in [3.05, 3.63) is 65.7 Å². The molecule has 0 spiro atoms. The largest absolute Gasteiger partial charge is 0.355 e. The van der Waals surface area contributed by atoms with Crippen molar-refractivity contribution in [2.75, 3.05) is 18.0 Å². The molecule has 0 aliphatic carbocycles. The number of fused-ring (bicyclic) bond motifs is 1. The van der Waals surface area contributed by atoms with Crippen LogP contribution in [0.15, 0.2) is 54.6 Å². The highest BCUT2D eigenvalue weighted by molar-refractivity contribution is 6.02. The van der Waals surface area contributed by atoms with Gasteiger partial charge in [0.05, 0.1) is 0 Å². The molecule has 3 amide bonds. The van der Waals surface area contributed by atoms with Gasteiger partial charge in [0.15, 0.2) is 0 Å². The number of likely N-dealkylation sites (N-methyl/N-ethyl adjacent to an activating group) is 1. The lowest BCUT2D eigenvalue weighted by molar-refractivity contribution is -0.122. The molecule has 2 aromatic rings. The van der Waals surface area contributed by atoms with Crippen LogP contribution in [0.4, 0.5) is 10.5 Å². The molecule has 1 atom stereocenters. The van der Waals surface area contributed by atoms with Crippen LogP contribution in [0.3, 0.4) is 0 Å². The van der Waals surface area contributed by atoms with E-state index in [-0.39, 0.29) is 11.9 Å². The van der Waals surface area contributed by atoms with Crippen LogP contribution in [0.5, 0.6) is 0 Å². The van der Waals surface area contributed by atoms with E-state index in [0.29, 0.717) is 19.5 Å². The fourth-order valence-electron chi connectivity index (χ4n) is 3.18. The molecule has 1 aliphatic heterocycles. The predicted molar refractivity (Wildman–Crippen MR) is 98.6 cm³/mol. The molecule has 25 heavy (non-hydrogen) atoms. The summed E-state index contributed by atoms with van der Waals surface area (Å²) >= 11 is 0. The first kappa shape index (κ1) is 17.0. The lowest BCUT2D eigenvalue weighted by Crippen LogP contribution is -2.51. The van der Waals surface area contributed by atoms with E-state index >= 15 is 0 Å². The van der Waals surface area contributed by atoms with Gasteiger partial charge in [-0.1, -0.05) is 48.5 Å². The highest BCUT2D eigenvalue weighted by Crippen LogP contribution is 2.32. The van der Waals surface area contributed by atoms with E-state index in [4.69, 9.17) is 0 Å². The number of nitrogens with one attached hydrogen (secondary N) is 2. The molecule has 1 heterocycles. The van der Waals surface area contributed by atoms with E-state index in [0.717, 1.165) is 17.7 Å². The Hall–Kier alpha value is -2.82.